The number of anilines is 2. The molecule has 0 aromatic carbocycles. The van der Waals surface area contributed by atoms with E-state index in [1.165, 1.54) is 19.3 Å². The van der Waals surface area contributed by atoms with Gasteiger partial charge in [0.1, 0.15) is 17.5 Å². The largest absolute Gasteiger partial charge is 0.373 e. The fraction of sp³-hybridized carbons (Fsp3) is 0.750. The molecule has 0 amide bonds. The van der Waals surface area contributed by atoms with E-state index in [0.717, 1.165) is 54.2 Å². The van der Waals surface area contributed by atoms with Gasteiger partial charge in [0.15, 0.2) is 0 Å². The fourth-order valence-electron chi connectivity index (χ4n) is 3.07. The molecular formula is C16H28N4. The third-order valence-corrected chi connectivity index (χ3v) is 4.26. The SMILES string of the molecule is CCCc1nc(NC)c(C)c(NCC2CCC(C)C2)n1. The molecule has 0 saturated heterocycles. The van der Waals surface area contributed by atoms with Crippen LogP contribution < -0.4 is 10.6 Å². The van der Waals surface area contributed by atoms with Gasteiger partial charge in [-0.3, -0.25) is 0 Å². The highest BCUT2D eigenvalue weighted by molar-refractivity contribution is 5.57. The molecule has 20 heavy (non-hydrogen) atoms. The van der Waals surface area contributed by atoms with Gasteiger partial charge in [0.2, 0.25) is 0 Å². The van der Waals surface area contributed by atoms with Crippen molar-refractivity contribution >= 4 is 11.6 Å². The lowest BCUT2D eigenvalue weighted by molar-refractivity contribution is 0.536. The average molecular weight is 276 g/mol. The molecule has 1 aliphatic carbocycles. The summed E-state index contributed by atoms with van der Waals surface area (Å²) in [5, 5.41) is 6.74. The molecule has 112 valence electrons. The maximum atomic E-state index is 4.69. The molecule has 1 fully saturated rings. The maximum absolute atomic E-state index is 4.69. The minimum absolute atomic E-state index is 0.798. The van der Waals surface area contributed by atoms with Crippen LogP contribution in [0.15, 0.2) is 0 Å². The molecule has 1 heterocycles. The second kappa shape index (κ2) is 6.91. The topological polar surface area (TPSA) is 49.8 Å². The second-order valence-corrected chi connectivity index (χ2v) is 6.13. The van der Waals surface area contributed by atoms with Crippen molar-refractivity contribution in [2.24, 2.45) is 11.8 Å². The lowest BCUT2D eigenvalue weighted by Gasteiger charge is -2.16. The van der Waals surface area contributed by atoms with Gasteiger partial charge >= 0.3 is 0 Å². The van der Waals surface area contributed by atoms with Crippen LogP contribution in [0.3, 0.4) is 0 Å². The Hall–Kier alpha value is -1.32. The Kier molecular flexibility index (Phi) is 5.21. The number of aryl methyl sites for hydroxylation is 1. The van der Waals surface area contributed by atoms with Crippen molar-refractivity contribution in [3.63, 3.8) is 0 Å². The zero-order chi connectivity index (χ0) is 14.5. The Morgan fingerprint density at radius 2 is 1.95 bits per heavy atom. The van der Waals surface area contributed by atoms with Gasteiger partial charge in [0.05, 0.1) is 0 Å². The Labute approximate surface area is 122 Å². The van der Waals surface area contributed by atoms with E-state index in [0.29, 0.717) is 0 Å². The fourth-order valence-corrected chi connectivity index (χ4v) is 3.07. The Bertz CT molecular complexity index is 444. The quantitative estimate of drug-likeness (QED) is 0.833. The summed E-state index contributed by atoms with van der Waals surface area (Å²) >= 11 is 0. The zero-order valence-electron chi connectivity index (χ0n) is 13.3. The third-order valence-electron chi connectivity index (χ3n) is 4.26. The van der Waals surface area contributed by atoms with Gasteiger partial charge in [-0.2, -0.15) is 0 Å². The summed E-state index contributed by atoms with van der Waals surface area (Å²) in [5.74, 6) is 4.58. The first-order valence-electron chi connectivity index (χ1n) is 7.93. The van der Waals surface area contributed by atoms with E-state index < -0.39 is 0 Å². The molecule has 0 aliphatic heterocycles. The van der Waals surface area contributed by atoms with Gasteiger partial charge in [0.25, 0.3) is 0 Å². The van der Waals surface area contributed by atoms with Gasteiger partial charge in [-0.25, -0.2) is 9.97 Å². The van der Waals surface area contributed by atoms with Crippen LogP contribution in [0.2, 0.25) is 0 Å². The molecule has 0 spiro atoms. The summed E-state index contributed by atoms with van der Waals surface area (Å²) in [7, 11) is 1.92. The predicted molar refractivity (Wildman–Crippen MR) is 85.3 cm³/mol. The van der Waals surface area contributed by atoms with Crippen LogP contribution in [0.5, 0.6) is 0 Å². The highest BCUT2D eigenvalue weighted by Gasteiger charge is 2.21. The number of aromatic nitrogens is 2. The first-order chi connectivity index (χ1) is 9.63. The molecule has 0 bridgehead atoms. The monoisotopic (exact) mass is 276 g/mol. The summed E-state index contributed by atoms with van der Waals surface area (Å²) in [6, 6.07) is 0. The van der Waals surface area contributed by atoms with Crippen LogP contribution in [0.4, 0.5) is 11.6 Å². The minimum atomic E-state index is 0.798. The first-order valence-corrected chi connectivity index (χ1v) is 7.93. The predicted octanol–water partition coefficient (Wildman–Crippen LogP) is 3.63. The maximum Gasteiger partial charge on any atom is 0.134 e. The van der Waals surface area contributed by atoms with Crippen molar-refractivity contribution < 1.29 is 0 Å². The molecule has 4 nitrogen and oxygen atoms in total. The number of nitrogens with zero attached hydrogens (tertiary/aromatic N) is 2. The lowest BCUT2D eigenvalue weighted by Crippen LogP contribution is -2.15. The van der Waals surface area contributed by atoms with Crippen molar-refractivity contribution in [2.45, 2.75) is 52.9 Å². The Morgan fingerprint density at radius 1 is 1.20 bits per heavy atom. The van der Waals surface area contributed by atoms with Crippen LogP contribution in [-0.4, -0.2) is 23.6 Å². The molecule has 1 aromatic heterocycles. The number of nitrogens with one attached hydrogen (secondary N) is 2. The molecule has 1 saturated carbocycles. The molecule has 2 rings (SSSR count). The molecule has 2 N–H and O–H groups in total. The van der Waals surface area contributed by atoms with Gasteiger partial charge in [-0.15, -0.1) is 0 Å². The summed E-state index contributed by atoms with van der Waals surface area (Å²) in [4.78, 5) is 9.26. The zero-order valence-corrected chi connectivity index (χ0v) is 13.3. The van der Waals surface area contributed by atoms with Crippen molar-refractivity contribution in [1.82, 2.24) is 9.97 Å². The van der Waals surface area contributed by atoms with E-state index in [2.05, 4.69) is 41.4 Å². The first kappa shape index (κ1) is 15.1. The molecule has 2 atom stereocenters. The summed E-state index contributed by atoms with van der Waals surface area (Å²) < 4.78 is 0. The van der Waals surface area contributed by atoms with Crippen LogP contribution in [-0.2, 0) is 6.42 Å². The van der Waals surface area contributed by atoms with Crippen molar-refractivity contribution in [2.75, 3.05) is 24.2 Å². The summed E-state index contributed by atoms with van der Waals surface area (Å²) in [6.07, 6.45) is 6.07. The third kappa shape index (κ3) is 3.62. The highest BCUT2D eigenvalue weighted by Crippen LogP contribution is 2.30. The van der Waals surface area contributed by atoms with E-state index in [4.69, 9.17) is 0 Å². The number of hydrogen-bond donors (Lipinski definition) is 2. The highest BCUT2D eigenvalue weighted by atomic mass is 15.1. The molecule has 0 radical (unpaired) electrons. The standard InChI is InChI=1S/C16H28N4/c1-5-6-14-19-15(17-4)12(3)16(20-14)18-10-13-8-7-11(2)9-13/h11,13H,5-10H2,1-4H3,(H2,17,18,19,20). The lowest BCUT2D eigenvalue weighted by atomic mass is 10.1. The molecule has 1 aromatic rings. The smallest absolute Gasteiger partial charge is 0.134 e. The van der Waals surface area contributed by atoms with E-state index in [-0.39, 0.29) is 0 Å². The van der Waals surface area contributed by atoms with E-state index in [9.17, 15) is 0 Å². The van der Waals surface area contributed by atoms with Crippen LogP contribution >= 0.6 is 0 Å². The van der Waals surface area contributed by atoms with Gasteiger partial charge in [0, 0.05) is 25.6 Å². The number of rotatable bonds is 6. The normalized spacial score (nSPS) is 22.0. The summed E-state index contributed by atoms with van der Waals surface area (Å²) in [6.45, 7) is 7.64. The number of hydrogen-bond acceptors (Lipinski definition) is 4. The van der Waals surface area contributed by atoms with Gasteiger partial charge in [-0.1, -0.05) is 20.3 Å². The molecule has 1 aliphatic rings. The Balaban J connectivity index is 2.07. The van der Waals surface area contributed by atoms with Gasteiger partial charge < -0.3 is 10.6 Å². The van der Waals surface area contributed by atoms with Crippen molar-refractivity contribution in [3.05, 3.63) is 11.4 Å². The summed E-state index contributed by atoms with van der Waals surface area (Å²) in [5.41, 5.74) is 1.12. The van der Waals surface area contributed by atoms with Crippen LogP contribution in [0.1, 0.15) is 50.9 Å². The average Bonchev–Trinajstić information content (AvgIpc) is 2.85. The van der Waals surface area contributed by atoms with Crippen LogP contribution in [0.25, 0.3) is 0 Å². The molecular weight excluding hydrogens is 248 g/mol. The Morgan fingerprint density at radius 3 is 2.55 bits per heavy atom. The van der Waals surface area contributed by atoms with E-state index in [1.807, 2.05) is 7.05 Å². The van der Waals surface area contributed by atoms with Gasteiger partial charge in [-0.05, 0) is 38.0 Å². The van der Waals surface area contributed by atoms with Crippen molar-refractivity contribution in [3.8, 4) is 0 Å². The molecule has 4 heteroatoms. The molecule has 2 unspecified atom stereocenters. The van der Waals surface area contributed by atoms with Crippen molar-refractivity contribution in [1.29, 1.82) is 0 Å². The van der Waals surface area contributed by atoms with E-state index >= 15 is 0 Å². The van der Waals surface area contributed by atoms with E-state index in [1.54, 1.807) is 0 Å². The van der Waals surface area contributed by atoms with Crippen LogP contribution in [0, 0.1) is 18.8 Å². The second-order valence-electron chi connectivity index (χ2n) is 6.13. The minimum Gasteiger partial charge on any atom is -0.373 e.